The normalized spacial score (nSPS) is 14.2. The third kappa shape index (κ3) is 2.68. The predicted molar refractivity (Wildman–Crippen MR) is 77.6 cm³/mol. The molecule has 98 valence electrons. The summed E-state index contributed by atoms with van der Waals surface area (Å²) in [6, 6.07) is 8.22. The number of para-hydroxylation sites is 1. The fraction of sp³-hybridized carbons (Fsp3) is 0.333. The van der Waals surface area contributed by atoms with Gasteiger partial charge in [0.1, 0.15) is 0 Å². The Balaban J connectivity index is 1.71. The number of thiazole rings is 1. The van der Waals surface area contributed by atoms with Gasteiger partial charge in [0.15, 0.2) is 0 Å². The summed E-state index contributed by atoms with van der Waals surface area (Å²) in [6.07, 6.45) is 5.21. The highest BCUT2D eigenvalue weighted by molar-refractivity contribution is 7.09. The molecule has 19 heavy (non-hydrogen) atoms. The van der Waals surface area contributed by atoms with Gasteiger partial charge in [-0.1, -0.05) is 18.2 Å². The molecule has 0 radical (unpaired) electrons. The van der Waals surface area contributed by atoms with Gasteiger partial charge in [-0.2, -0.15) is 0 Å². The lowest BCUT2D eigenvalue weighted by atomic mass is 10.0. The number of aryl methyl sites for hydroxylation is 2. The number of amides is 1. The summed E-state index contributed by atoms with van der Waals surface area (Å²) < 4.78 is 0. The van der Waals surface area contributed by atoms with Crippen LogP contribution < -0.4 is 4.90 Å². The lowest BCUT2D eigenvalue weighted by Crippen LogP contribution is -2.35. The van der Waals surface area contributed by atoms with E-state index >= 15 is 0 Å². The molecule has 1 aliphatic rings. The maximum atomic E-state index is 12.4. The molecule has 0 N–H and O–H groups in total. The first-order valence-electron chi connectivity index (χ1n) is 6.61. The van der Waals surface area contributed by atoms with Crippen LogP contribution in [0.3, 0.4) is 0 Å². The van der Waals surface area contributed by atoms with Crippen molar-refractivity contribution in [2.75, 3.05) is 11.4 Å². The molecular formula is C15H16N2OS. The van der Waals surface area contributed by atoms with Crippen molar-refractivity contribution in [1.82, 2.24) is 4.98 Å². The molecule has 0 bridgehead atoms. The van der Waals surface area contributed by atoms with Gasteiger partial charge in [-0.25, -0.2) is 4.98 Å². The molecule has 1 aromatic carbocycles. The largest absolute Gasteiger partial charge is 0.312 e. The van der Waals surface area contributed by atoms with Gasteiger partial charge in [0.2, 0.25) is 5.91 Å². The van der Waals surface area contributed by atoms with Crippen molar-refractivity contribution in [3.05, 3.63) is 46.4 Å². The lowest BCUT2D eigenvalue weighted by molar-refractivity contribution is -0.118. The Morgan fingerprint density at radius 3 is 3.11 bits per heavy atom. The fourth-order valence-electron chi connectivity index (χ4n) is 2.52. The number of hydrogen-bond donors (Lipinski definition) is 0. The van der Waals surface area contributed by atoms with Gasteiger partial charge in [0, 0.05) is 36.7 Å². The Morgan fingerprint density at radius 2 is 2.26 bits per heavy atom. The maximum Gasteiger partial charge on any atom is 0.227 e. The van der Waals surface area contributed by atoms with Crippen LogP contribution in [0.2, 0.25) is 0 Å². The molecule has 0 saturated heterocycles. The van der Waals surface area contributed by atoms with Crippen molar-refractivity contribution in [1.29, 1.82) is 0 Å². The van der Waals surface area contributed by atoms with Crippen LogP contribution in [-0.4, -0.2) is 17.4 Å². The van der Waals surface area contributed by atoms with Crippen molar-refractivity contribution < 1.29 is 4.79 Å². The summed E-state index contributed by atoms with van der Waals surface area (Å²) in [5.41, 5.74) is 2.38. The summed E-state index contributed by atoms with van der Waals surface area (Å²) in [5, 5.41) is 2.99. The molecule has 0 aliphatic carbocycles. The number of benzene rings is 1. The fourth-order valence-corrected chi connectivity index (χ4v) is 3.14. The number of carbonyl (C=O) groups is 1. The highest BCUT2D eigenvalue weighted by Gasteiger charge is 2.21. The number of fused-ring (bicyclic) bond motifs is 1. The maximum absolute atomic E-state index is 12.4. The van der Waals surface area contributed by atoms with Crippen molar-refractivity contribution in [3.8, 4) is 0 Å². The van der Waals surface area contributed by atoms with Crippen LogP contribution in [0.15, 0.2) is 35.8 Å². The van der Waals surface area contributed by atoms with Gasteiger partial charge in [-0.3, -0.25) is 4.79 Å². The SMILES string of the molecule is O=C(CCc1nccs1)N1CCCc2ccccc21. The Morgan fingerprint density at radius 1 is 1.37 bits per heavy atom. The average molecular weight is 272 g/mol. The van der Waals surface area contributed by atoms with Crippen molar-refractivity contribution >= 4 is 22.9 Å². The van der Waals surface area contributed by atoms with E-state index in [0.717, 1.165) is 36.5 Å². The predicted octanol–water partition coefficient (Wildman–Crippen LogP) is 3.06. The topological polar surface area (TPSA) is 33.2 Å². The smallest absolute Gasteiger partial charge is 0.227 e. The van der Waals surface area contributed by atoms with Crippen LogP contribution in [0.1, 0.15) is 23.4 Å². The number of rotatable bonds is 3. The van der Waals surface area contributed by atoms with E-state index in [0.29, 0.717) is 6.42 Å². The molecule has 1 amide bonds. The van der Waals surface area contributed by atoms with Crippen LogP contribution in [0.25, 0.3) is 0 Å². The minimum absolute atomic E-state index is 0.211. The van der Waals surface area contributed by atoms with E-state index in [2.05, 4.69) is 17.1 Å². The Hall–Kier alpha value is -1.68. The monoisotopic (exact) mass is 272 g/mol. The van der Waals surface area contributed by atoms with Crippen LogP contribution >= 0.6 is 11.3 Å². The Kier molecular flexibility index (Phi) is 3.60. The van der Waals surface area contributed by atoms with Crippen molar-refractivity contribution in [3.63, 3.8) is 0 Å². The molecule has 0 atom stereocenters. The second kappa shape index (κ2) is 5.53. The van der Waals surface area contributed by atoms with Crippen LogP contribution in [0, 0.1) is 0 Å². The molecule has 0 spiro atoms. The van der Waals surface area contributed by atoms with Crippen LogP contribution in [0.4, 0.5) is 5.69 Å². The minimum atomic E-state index is 0.211. The summed E-state index contributed by atoms with van der Waals surface area (Å²) >= 11 is 1.62. The van der Waals surface area contributed by atoms with E-state index in [1.807, 2.05) is 22.4 Å². The van der Waals surface area contributed by atoms with Crippen molar-refractivity contribution in [2.45, 2.75) is 25.7 Å². The average Bonchev–Trinajstić information content (AvgIpc) is 2.97. The minimum Gasteiger partial charge on any atom is -0.312 e. The second-order valence-corrected chi connectivity index (χ2v) is 5.68. The standard InChI is InChI=1S/C15H16N2OS/c18-15(8-7-14-16-9-11-19-14)17-10-3-5-12-4-1-2-6-13(12)17/h1-2,4,6,9,11H,3,5,7-8,10H2. The van der Waals surface area contributed by atoms with Gasteiger partial charge in [-0.05, 0) is 24.5 Å². The molecule has 1 aromatic heterocycles. The number of hydrogen-bond acceptors (Lipinski definition) is 3. The first kappa shape index (κ1) is 12.4. The first-order valence-corrected chi connectivity index (χ1v) is 7.49. The summed E-state index contributed by atoms with van der Waals surface area (Å²) in [7, 11) is 0. The quantitative estimate of drug-likeness (QED) is 0.860. The summed E-state index contributed by atoms with van der Waals surface area (Å²) in [4.78, 5) is 18.5. The third-order valence-corrected chi connectivity index (χ3v) is 4.29. The van der Waals surface area contributed by atoms with Crippen LogP contribution in [0.5, 0.6) is 0 Å². The first-order chi connectivity index (χ1) is 9.34. The summed E-state index contributed by atoms with van der Waals surface area (Å²) in [6.45, 7) is 0.841. The van der Waals surface area contributed by atoms with E-state index in [1.54, 1.807) is 17.5 Å². The van der Waals surface area contributed by atoms with E-state index < -0.39 is 0 Å². The van der Waals surface area contributed by atoms with Crippen LogP contribution in [-0.2, 0) is 17.6 Å². The van der Waals surface area contributed by atoms with Gasteiger partial charge in [0.25, 0.3) is 0 Å². The molecule has 3 rings (SSSR count). The molecule has 0 fully saturated rings. The Bertz CT molecular complexity index is 565. The number of nitrogens with zero attached hydrogens (tertiary/aromatic N) is 2. The number of aromatic nitrogens is 1. The molecule has 3 nitrogen and oxygen atoms in total. The molecule has 2 aromatic rings. The molecule has 0 unspecified atom stereocenters. The molecule has 4 heteroatoms. The molecule has 1 aliphatic heterocycles. The van der Waals surface area contributed by atoms with Gasteiger partial charge in [0.05, 0.1) is 5.01 Å². The van der Waals surface area contributed by atoms with E-state index in [4.69, 9.17) is 0 Å². The lowest BCUT2D eigenvalue weighted by Gasteiger charge is -2.29. The summed E-state index contributed by atoms with van der Waals surface area (Å²) in [5.74, 6) is 0.211. The zero-order valence-electron chi connectivity index (χ0n) is 10.7. The Labute approximate surface area is 116 Å². The molecular weight excluding hydrogens is 256 g/mol. The number of carbonyl (C=O) groups excluding carboxylic acids is 1. The number of anilines is 1. The van der Waals surface area contributed by atoms with Gasteiger partial charge in [-0.15, -0.1) is 11.3 Å². The van der Waals surface area contributed by atoms with Gasteiger partial charge < -0.3 is 4.90 Å². The second-order valence-electron chi connectivity index (χ2n) is 4.70. The van der Waals surface area contributed by atoms with E-state index in [-0.39, 0.29) is 5.91 Å². The zero-order chi connectivity index (χ0) is 13.1. The molecule has 2 heterocycles. The molecule has 0 saturated carbocycles. The van der Waals surface area contributed by atoms with E-state index in [1.165, 1.54) is 5.56 Å². The highest BCUT2D eigenvalue weighted by Crippen LogP contribution is 2.27. The van der Waals surface area contributed by atoms with Crippen molar-refractivity contribution in [2.24, 2.45) is 0 Å². The van der Waals surface area contributed by atoms with Gasteiger partial charge >= 0.3 is 0 Å². The zero-order valence-corrected chi connectivity index (χ0v) is 11.5. The highest BCUT2D eigenvalue weighted by atomic mass is 32.1. The third-order valence-electron chi connectivity index (χ3n) is 3.45. The van der Waals surface area contributed by atoms with E-state index in [9.17, 15) is 4.79 Å².